The van der Waals surface area contributed by atoms with E-state index in [2.05, 4.69) is 49.3 Å². The van der Waals surface area contributed by atoms with Crippen molar-refractivity contribution in [1.29, 1.82) is 0 Å². The number of fused-ring (bicyclic) bond motifs is 2. The Balaban J connectivity index is 0.000000472. The summed E-state index contributed by atoms with van der Waals surface area (Å²) in [7, 11) is 0. The SMILES string of the molecule is Cc1ccc2[nH]ncc2c1N1CCc2c(nc(OCCCN3CCOCC3)nc2N2CCNCC2)C1.O=C(O)C(F)(F)F. The van der Waals surface area contributed by atoms with Crippen LogP contribution in [0.5, 0.6) is 6.01 Å². The van der Waals surface area contributed by atoms with Crippen LogP contribution in [0.2, 0.25) is 0 Å². The minimum atomic E-state index is -5.08. The van der Waals surface area contributed by atoms with Gasteiger partial charge >= 0.3 is 18.2 Å². The van der Waals surface area contributed by atoms with E-state index in [1.165, 1.54) is 16.8 Å². The van der Waals surface area contributed by atoms with E-state index < -0.39 is 12.1 Å². The maximum Gasteiger partial charge on any atom is 0.490 e. The first-order valence-electron chi connectivity index (χ1n) is 14.5. The molecule has 0 aliphatic carbocycles. The molecule has 234 valence electrons. The summed E-state index contributed by atoms with van der Waals surface area (Å²) in [6, 6.07) is 4.77. The third-order valence-electron chi connectivity index (χ3n) is 7.75. The number of aryl methyl sites for hydroxylation is 1. The Kier molecular flexibility index (Phi) is 9.82. The summed E-state index contributed by atoms with van der Waals surface area (Å²) in [6.45, 7) is 13.0. The van der Waals surface area contributed by atoms with Crippen LogP contribution in [0.15, 0.2) is 18.3 Å². The molecule has 0 atom stereocenters. The summed E-state index contributed by atoms with van der Waals surface area (Å²) >= 11 is 0. The van der Waals surface area contributed by atoms with Gasteiger partial charge in [0.05, 0.1) is 49.5 Å². The van der Waals surface area contributed by atoms with Gasteiger partial charge in [-0.2, -0.15) is 28.2 Å². The average Bonchev–Trinajstić information content (AvgIpc) is 3.48. The molecule has 43 heavy (non-hydrogen) atoms. The molecule has 0 unspecified atom stereocenters. The number of ether oxygens (including phenoxy) is 2. The fourth-order valence-electron chi connectivity index (χ4n) is 5.59. The zero-order chi connectivity index (χ0) is 30.4. The molecule has 0 spiro atoms. The molecule has 2 saturated heterocycles. The number of morpholine rings is 1. The van der Waals surface area contributed by atoms with Crippen molar-refractivity contribution in [3.8, 4) is 6.01 Å². The van der Waals surface area contributed by atoms with Crippen molar-refractivity contribution >= 4 is 28.4 Å². The smallest absolute Gasteiger partial charge is 0.475 e. The predicted molar refractivity (Wildman–Crippen MR) is 154 cm³/mol. The second-order valence-electron chi connectivity index (χ2n) is 10.7. The number of carbonyl (C=O) groups is 1. The topological polar surface area (TPSA) is 132 Å². The summed E-state index contributed by atoms with van der Waals surface area (Å²) in [6.07, 6.45) is -1.28. The van der Waals surface area contributed by atoms with E-state index in [0.717, 1.165) is 107 Å². The third kappa shape index (κ3) is 7.64. The number of carboxylic acids is 1. The van der Waals surface area contributed by atoms with Crippen LogP contribution in [0.25, 0.3) is 10.9 Å². The van der Waals surface area contributed by atoms with Gasteiger partial charge in [-0.25, -0.2) is 4.79 Å². The first-order valence-corrected chi connectivity index (χ1v) is 14.5. The van der Waals surface area contributed by atoms with Crippen LogP contribution < -0.4 is 19.9 Å². The van der Waals surface area contributed by atoms with Crippen LogP contribution in [0.3, 0.4) is 0 Å². The van der Waals surface area contributed by atoms with Gasteiger partial charge in [0.25, 0.3) is 0 Å². The zero-order valence-electron chi connectivity index (χ0n) is 24.1. The monoisotopic (exact) mass is 606 g/mol. The number of hydrogen-bond donors (Lipinski definition) is 3. The van der Waals surface area contributed by atoms with E-state index in [1.807, 2.05) is 6.20 Å². The van der Waals surface area contributed by atoms with Crippen molar-refractivity contribution in [2.45, 2.75) is 32.5 Å². The number of aliphatic carboxylic acids is 1. The lowest BCUT2D eigenvalue weighted by atomic mass is 10.0. The first kappa shape index (κ1) is 30.8. The van der Waals surface area contributed by atoms with E-state index in [-0.39, 0.29) is 0 Å². The van der Waals surface area contributed by atoms with Crippen molar-refractivity contribution in [2.24, 2.45) is 0 Å². The Bertz CT molecular complexity index is 1390. The number of piperazine rings is 1. The summed E-state index contributed by atoms with van der Waals surface area (Å²) in [5.74, 6) is -1.70. The number of rotatable bonds is 7. The highest BCUT2D eigenvalue weighted by Gasteiger charge is 2.38. The fourth-order valence-corrected chi connectivity index (χ4v) is 5.59. The van der Waals surface area contributed by atoms with Crippen LogP contribution in [0.1, 0.15) is 23.2 Å². The van der Waals surface area contributed by atoms with Crippen molar-refractivity contribution in [2.75, 3.05) is 82.0 Å². The number of alkyl halides is 3. The number of benzene rings is 1. The number of anilines is 2. The molecule has 5 heterocycles. The predicted octanol–water partition coefficient (Wildman–Crippen LogP) is 2.37. The van der Waals surface area contributed by atoms with Gasteiger partial charge in [-0.15, -0.1) is 0 Å². The lowest BCUT2D eigenvalue weighted by molar-refractivity contribution is -0.192. The standard InChI is InChI=1S/C26H36N8O2.C2HF3O2/c1-19-3-4-22-21(17-28-31-22)24(19)34-9-5-20-23(18-34)29-26(30-25(20)33-10-6-27-7-11-33)36-14-2-8-32-12-15-35-16-13-32;3-2(4,5)1(6)7/h3-4,17,27H,2,5-16,18H2,1H3,(H,28,31);(H,6,7). The molecule has 1 aromatic carbocycles. The number of H-pyrrole nitrogens is 1. The number of nitrogens with one attached hydrogen (secondary N) is 2. The van der Waals surface area contributed by atoms with Crippen LogP contribution in [0.4, 0.5) is 24.7 Å². The molecular formula is C28H37F3N8O4. The maximum atomic E-state index is 10.6. The van der Waals surface area contributed by atoms with Crippen LogP contribution in [-0.4, -0.2) is 114 Å². The molecule has 2 aromatic heterocycles. The molecule has 2 fully saturated rings. The lowest BCUT2D eigenvalue weighted by Crippen LogP contribution is -2.45. The molecule has 12 nitrogen and oxygen atoms in total. The molecule has 0 radical (unpaired) electrons. The van der Waals surface area contributed by atoms with E-state index in [0.29, 0.717) is 12.6 Å². The summed E-state index contributed by atoms with van der Waals surface area (Å²) < 4.78 is 43.4. The number of carboxylic acid groups (broad SMARTS) is 1. The molecule has 15 heteroatoms. The van der Waals surface area contributed by atoms with Gasteiger partial charge in [0.1, 0.15) is 5.82 Å². The molecule has 3 aliphatic heterocycles. The van der Waals surface area contributed by atoms with Gasteiger partial charge in [0.2, 0.25) is 0 Å². The van der Waals surface area contributed by atoms with Crippen molar-refractivity contribution in [3.63, 3.8) is 0 Å². The van der Waals surface area contributed by atoms with Gasteiger partial charge in [-0.1, -0.05) is 6.07 Å². The molecule has 3 N–H and O–H groups in total. The molecular weight excluding hydrogens is 569 g/mol. The van der Waals surface area contributed by atoms with Crippen LogP contribution in [-0.2, 0) is 22.5 Å². The molecule has 0 bridgehead atoms. The van der Waals surface area contributed by atoms with Gasteiger partial charge in [0.15, 0.2) is 0 Å². The summed E-state index contributed by atoms with van der Waals surface area (Å²) in [4.78, 5) is 26.1. The Hall–Kier alpha value is -3.69. The Labute approximate surface area is 247 Å². The second kappa shape index (κ2) is 13.7. The number of hydrogen-bond acceptors (Lipinski definition) is 10. The third-order valence-corrected chi connectivity index (χ3v) is 7.75. The van der Waals surface area contributed by atoms with Gasteiger partial charge in [-0.3, -0.25) is 10.00 Å². The Morgan fingerprint density at radius 2 is 1.84 bits per heavy atom. The fraction of sp³-hybridized carbons (Fsp3) is 0.571. The van der Waals surface area contributed by atoms with E-state index >= 15 is 0 Å². The lowest BCUT2D eigenvalue weighted by Gasteiger charge is -2.35. The maximum absolute atomic E-state index is 10.6. The minimum Gasteiger partial charge on any atom is -0.475 e. The minimum absolute atomic E-state index is 0.504. The number of halogens is 3. The highest BCUT2D eigenvalue weighted by molar-refractivity contribution is 5.93. The molecule has 6 rings (SSSR count). The molecule has 0 saturated carbocycles. The normalized spacial score (nSPS) is 17.8. The molecule has 0 amide bonds. The van der Waals surface area contributed by atoms with Crippen molar-refractivity contribution < 1.29 is 32.5 Å². The zero-order valence-corrected chi connectivity index (χ0v) is 24.1. The van der Waals surface area contributed by atoms with Crippen molar-refractivity contribution in [1.82, 2.24) is 30.4 Å². The molecule has 3 aromatic rings. The highest BCUT2D eigenvalue weighted by atomic mass is 19.4. The van der Waals surface area contributed by atoms with Crippen LogP contribution >= 0.6 is 0 Å². The Morgan fingerprint density at radius 1 is 1.09 bits per heavy atom. The summed E-state index contributed by atoms with van der Waals surface area (Å²) in [5, 5.41) is 19.1. The Morgan fingerprint density at radius 3 is 2.56 bits per heavy atom. The molecule has 3 aliphatic rings. The van der Waals surface area contributed by atoms with Gasteiger partial charge < -0.3 is 29.7 Å². The van der Waals surface area contributed by atoms with Gasteiger partial charge in [0, 0.05) is 63.3 Å². The summed E-state index contributed by atoms with van der Waals surface area (Å²) in [5.41, 5.74) is 5.90. The number of aromatic amines is 1. The van der Waals surface area contributed by atoms with Crippen molar-refractivity contribution in [3.05, 3.63) is 35.2 Å². The number of aromatic nitrogens is 4. The van der Waals surface area contributed by atoms with Gasteiger partial charge in [-0.05, 0) is 31.4 Å². The average molecular weight is 607 g/mol. The largest absolute Gasteiger partial charge is 0.490 e. The number of nitrogens with zero attached hydrogens (tertiary/aromatic N) is 6. The quantitative estimate of drug-likeness (QED) is 0.343. The highest BCUT2D eigenvalue weighted by Crippen LogP contribution is 2.35. The first-order chi connectivity index (χ1) is 20.7. The van der Waals surface area contributed by atoms with Crippen LogP contribution in [0, 0.1) is 6.92 Å². The van der Waals surface area contributed by atoms with E-state index in [9.17, 15) is 13.2 Å². The van der Waals surface area contributed by atoms with E-state index in [4.69, 9.17) is 29.3 Å². The second-order valence-corrected chi connectivity index (χ2v) is 10.7. The van der Waals surface area contributed by atoms with E-state index in [1.54, 1.807) is 0 Å².